The van der Waals surface area contributed by atoms with Crippen molar-refractivity contribution < 1.29 is 20.1 Å². The molecule has 102 valence electrons. The van der Waals surface area contributed by atoms with Crippen LogP contribution in [0.5, 0.6) is 0 Å². The standard InChI is InChI=1S/C10H13N5O4/c11-8-5-9(13-2-12-8)15(3-14-5)10-7(18)6(17)4(1-16)19-10/h2-4,6-7,10,16-18H,1H2,(H2,11,12,13)/t4-,6-,7+,10-/m1/s1/i17+2. The molecule has 5 N–H and O–H groups in total. The fourth-order valence-electron chi connectivity index (χ4n) is 2.17. The van der Waals surface area contributed by atoms with Gasteiger partial charge in [-0.2, -0.15) is 0 Å². The van der Waals surface area contributed by atoms with Crippen LogP contribution < -0.4 is 5.73 Å². The lowest BCUT2D eigenvalue weighted by Gasteiger charge is -2.16. The number of aliphatic hydroxyl groups is 3. The largest absolute Gasteiger partial charge is 0.394 e. The summed E-state index contributed by atoms with van der Waals surface area (Å²) in [6, 6.07) is 0. The Bertz CT molecular complexity index is 603. The molecule has 3 heterocycles. The Kier molecular flexibility index (Phi) is 2.82. The van der Waals surface area contributed by atoms with Gasteiger partial charge in [0, 0.05) is 0 Å². The maximum atomic E-state index is 9.95. The van der Waals surface area contributed by atoms with Crippen molar-refractivity contribution in [2.24, 2.45) is 0 Å². The minimum Gasteiger partial charge on any atom is -0.394 e. The Morgan fingerprint density at radius 3 is 2.89 bits per heavy atom. The molecular formula is C10H13N5O4. The van der Waals surface area contributed by atoms with Crippen molar-refractivity contribution in [2.75, 3.05) is 12.3 Å². The van der Waals surface area contributed by atoms with E-state index in [4.69, 9.17) is 15.6 Å². The van der Waals surface area contributed by atoms with Gasteiger partial charge >= 0.3 is 0 Å². The summed E-state index contributed by atoms with van der Waals surface area (Å²) >= 11 is 0. The van der Waals surface area contributed by atoms with Crippen molar-refractivity contribution in [3.63, 3.8) is 0 Å². The van der Waals surface area contributed by atoms with E-state index >= 15 is 0 Å². The van der Waals surface area contributed by atoms with E-state index in [1.54, 1.807) is 0 Å². The van der Waals surface area contributed by atoms with Crippen LogP contribution in [0.25, 0.3) is 11.2 Å². The lowest BCUT2D eigenvalue weighted by atomic mass is 10.1. The quantitative estimate of drug-likeness (QED) is 0.460. The zero-order valence-electron chi connectivity index (χ0n) is 9.79. The number of nitrogens with zero attached hydrogens (tertiary/aromatic N) is 4. The van der Waals surface area contributed by atoms with Gasteiger partial charge in [-0.05, 0) is 0 Å². The zero-order chi connectivity index (χ0) is 13.6. The summed E-state index contributed by atoms with van der Waals surface area (Å²) in [6.07, 6.45) is -1.42. The van der Waals surface area contributed by atoms with Gasteiger partial charge in [0.25, 0.3) is 0 Å². The maximum absolute atomic E-state index is 9.95. The van der Waals surface area contributed by atoms with Gasteiger partial charge in [-0.25, -0.2) is 15.0 Å². The number of imidazole rings is 1. The number of rotatable bonds is 2. The summed E-state index contributed by atoms with van der Waals surface area (Å²) in [6.45, 7) is -0.390. The third kappa shape index (κ3) is 1.75. The fraction of sp³-hybridized carbons (Fsp3) is 0.500. The van der Waals surface area contributed by atoms with Crippen molar-refractivity contribution in [1.29, 1.82) is 0 Å². The van der Waals surface area contributed by atoms with Crippen molar-refractivity contribution >= 4 is 17.0 Å². The van der Waals surface area contributed by atoms with Crippen LogP contribution in [0, 0.1) is 0 Å². The predicted octanol–water partition coefficient (Wildman–Crippen LogP) is -1.98. The second-order valence-corrected chi connectivity index (χ2v) is 4.31. The predicted molar refractivity (Wildman–Crippen MR) is 62.7 cm³/mol. The third-order valence-electron chi connectivity index (χ3n) is 3.18. The first-order chi connectivity index (χ1) is 9.13. The van der Waals surface area contributed by atoms with Crippen LogP contribution in [0.2, 0.25) is 0 Å². The Morgan fingerprint density at radius 2 is 2.21 bits per heavy atom. The van der Waals surface area contributed by atoms with Crippen LogP contribution >= 0.6 is 0 Å². The third-order valence-corrected chi connectivity index (χ3v) is 3.18. The molecule has 0 amide bonds. The maximum Gasteiger partial charge on any atom is 0.167 e. The molecule has 19 heavy (non-hydrogen) atoms. The molecule has 0 saturated carbocycles. The smallest absolute Gasteiger partial charge is 0.167 e. The molecule has 1 fully saturated rings. The summed E-state index contributed by atoms with van der Waals surface area (Å²) in [7, 11) is 0. The van der Waals surface area contributed by atoms with E-state index in [0.29, 0.717) is 11.2 Å². The Morgan fingerprint density at radius 1 is 1.42 bits per heavy atom. The average Bonchev–Trinajstić information content (AvgIpc) is 2.94. The van der Waals surface area contributed by atoms with E-state index in [0.717, 1.165) is 0 Å². The van der Waals surface area contributed by atoms with Crippen LogP contribution in [0.1, 0.15) is 6.23 Å². The summed E-state index contributed by atoms with van der Waals surface area (Å²) in [4.78, 5) is 11.9. The van der Waals surface area contributed by atoms with Gasteiger partial charge in [0.2, 0.25) is 0 Å². The monoisotopic (exact) mass is 269 g/mol. The van der Waals surface area contributed by atoms with Gasteiger partial charge in [0.05, 0.1) is 12.9 Å². The summed E-state index contributed by atoms with van der Waals surface area (Å²) < 4.78 is 6.85. The molecule has 4 atom stereocenters. The Labute approximate surface area is 107 Å². The molecule has 0 bridgehead atoms. The number of fused-ring (bicyclic) bond motifs is 1. The highest BCUT2D eigenvalue weighted by atomic mass is 18.2. The Hall–Kier alpha value is -1.81. The topological polar surface area (TPSA) is 140 Å². The molecule has 0 aliphatic carbocycles. The van der Waals surface area contributed by atoms with E-state index in [1.165, 1.54) is 17.2 Å². The number of ether oxygens (including phenoxy) is 1. The summed E-state index contributed by atoms with van der Waals surface area (Å²) in [5.41, 5.74) is 6.44. The van der Waals surface area contributed by atoms with Crippen molar-refractivity contribution in [2.45, 2.75) is 24.5 Å². The van der Waals surface area contributed by atoms with E-state index in [9.17, 15) is 10.2 Å². The van der Waals surface area contributed by atoms with Gasteiger partial charge in [-0.1, -0.05) is 0 Å². The normalized spacial score (nSPS) is 31.1. The molecule has 0 radical (unpaired) electrons. The minimum atomic E-state index is -1.19. The summed E-state index contributed by atoms with van der Waals surface area (Å²) in [5, 5.41) is 28.7. The molecular weight excluding hydrogens is 256 g/mol. The van der Waals surface area contributed by atoms with E-state index in [1.807, 2.05) is 0 Å². The van der Waals surface area contributed by atoms with Crippen LogP contribution in [-0.2, 0) is 4.74 Å². The number of anilines is 1. The highest BCUT2D eigenvalue weighted by Crippen LogP contribution is 2.31. The van der Waals surface area contributed by atoms with Crippen LogP contribution in [0.15, 0.2) is 12.7 Å². The molecule has 1 aliphatic rings. The Balaban J connectivity index is 2.04. The molecule has 0 spiro atoms. The molecule has 2 aromatic heterocycles. The molecule has 0 aromatic carbocycles. The fourth-order valence-corrected chi connectivity index (χ4v) is 2.17. The van der Waals surface area contributed by atoms with Gasteiger partial charge in [-0.3, -0.25) is 4.57 Å². The van der Waals surface area contributed by atoms with Crippen molar-refractivity contribution in [3.05, 3.63) is 12.7 Å². The lowest BCUT2D eigenvalue weighted by molar-refractivity contribution is -0.0511. The number of aliphatic hydroxyl groups excluding tert-OH is 3. The van der Waals surface area contributed by atoms with Crippen molar-refractivity contribution in [1.82, 2.24) is 19.5 Å². The minimum absolute atomic E-state index is 0.218. The number of nitrogen functional groups attached to an aromatic ring is 1. The number of nitrogens with two attached hydrogens (primary N) is 1. The van der Waals surface area contributed by atoms with Gasteiger partial charge in [-0.15, -0.1) is 0 Å². The van der Waals surface area contributed by atoms with Crippen LogP contribution in [0.4, 0.5) is 5.82 Å². The van der Waals surface area contributed by atoms with E-state index < -0.39 is 31.1 Å². The lowest BCUT2D eigenvalue weighted by Crippen LogP contribution is -2.33. The van der Waals surface area contributed by atoms with Crippen molar-refractivity contribution in [3.8, 4) is 0 Å². The molecule has 9 nitrogen and oxygen atoms in total. The van der Waals surface area contributed by atoms with Gasteiger partial charge in [0.15, 0.2) is 17.7 Å². The summed E-state index contributed by atoms with van der Waals surface area (Å²) in [5.74, 6) is 0.218. The van der Waals surface area contributed by atoms with Crippen LogP contribution in [0.3, 0.4) is 0 Å². The molecule has 0 unspecified atom stereocenters. The zero-order valence-corrected chi connectivity index (χ0v) is 9.79. The second kappa shape index (κ2) is 4.38. The van der Waals surface area contributed by atoms with Gasteiger partial charge < -0.3 is 25.8 Å². The second-order valence-electron chi connectivity index (χ2n) is 4.31. The number of aromatic nitrogens is 4. The highest BCUT2D eigenvalue weighted by Gasteiger charge is 2.43. The SMILES string of the molecule is Nc1ncnc2c1ncn2[C@@H]1O[C@H](CO)[C@@H]([18OH])[C@@H]1O. The first-order valence-corrected chi connectivity index (χ1v) is 5.69. The molecule has 2 aromatic rings. The first-order valence-electron chi connectivity index (χ1n) is 5.69. The number of hydrogen-bond donors (Lipinski definition) is 4. The molecule has 1 saturated heterocycles. The molecule has 9 heteroatoms. The average molecular weight is 269 g/mol. The van der Waals surface area contributed by atoms with E-state index in [2.05, 4.69) is 15.0 Å². The molecule has 1 aliphatic heterocycles. The number of hydrogen-bond acceptors (Lipinski definition) is 8. The molecule has 3 rings (SSSR count). The first kappa shape index (κ1) is 12.2. The van der Waals surface area contributed by atoms with Gasteiger partial charge in [0.1, 0.15) is 30.2 Å². The highest BCUT2D eigenvalue weighted by molar-refractivity contribution is 5.81. The van der Waals surface area contributed by atoms with E-state index in [-0.39, 0.29) is 5.82 Å². The van der Waals surface area contributed by atoms with Crippen LogP contribution in [-0.4, -0.2) is 59.8 Å².